The van der Waals surface area contributed by atoms with E-state index in [9.17, 15) is 9.90 Å². The Balaban J connectivity index is 2.14. The van der Waals surface area contributed by atoms with Gasteiger partial charge in [0.2, 0.25) is 0 Å². The summed E-state index contributed by atoms with van der Waals surface area (Å²) in [6, 6.07) is 1.62. The predicted octanol–water partition coefficient (Wildman–Crippen LogP) is -0.616. The van der Waals surface area contributed by atoms with Crippen LogP contribution in [0.1, 0.15) is 41.6 Å². The van der Waals surface area contributed by atoms with E-state index in [0.717, 1.165) is 24.3 Å². The van der Waals surface area contributed by atoms with Gasteiger partial charge in [-0.1, -0.05) is 6.92 Å². The van der Waals surface area contributed by atoms with Crippen molar-refractivity contribution in [2.45, 2.75) is 32.7 Å². The average Bonchev–Trinajstić information content (AvgIpc) is 2.87. The summed E-state index contributed by atoms with van der Waals surface area (Å²) < 4.78 is 5.26. The molecule has 2 heterocycles. The van der Waals surface area contributed by atoms with Gasteiger partial charge in [-0.05, 0) is 6.07 Å². The van der Waals surface area contributed by atoms with Crippen LogP contribution in [0.3, 0.4) is 0 Å². The fourth-order valence-corrected chi connectivity index (χ4v) is 2.34. The standard InChI is InChI=1S/C12H17NO3/c1-2-10-9(7-11(16-10)12(14)15)8-13-5-3-4-6-13/h7H,2-6,8H2,1H3,(H,14,15). The number of furan rings is 1. The van der Waals surface area contributed by atoms with Gasteiger partial charge >= 0.3 is 0 Å². The molecular formula is C12H17NO3. The molecule has 0 atom stereocenters. The maximum Gasteiger partial charge on any atom is 0.150 e. The molecule has 4 heteroatoms. The van der Waals surface area contributed by atoms with E-state index in [2.05, 4.69) is 0 Å². The van der Waals surface area contributed by atoms with Crippen LogP contribution in [0.5, 0.6) is 0 Å². The molecule has 1 aliphatic heterocycles. The number of carbonyl (C=O) groups excluding carboxylic acids is 1. The van der Waals surface area contributed by atoms with Crippen LogP contribution in [-0.4, -0.2) is 19.1 Å². The van der Waals surface area contributed by atoms with E-state index in [1.165, 1.54) is 30.8 Å². The molecule has 0 aliphatic carbocycles. The van der Waals surface area contributed by atoms with Crippen molar-refractivity contribution < 1.29 is 19.2 Å². The topological polar surface area (TPSA) is 57.7 Å². The minimum atomic E-state index is -1.22. The smallest absolute Gasteiger partial charge is 0.150 e. The highest BCUT2D eigenvalue weighted by atomic mass is 16.4. The Hall–Kier alpha value is -1.29. The second kappa shape index (κ2) is 4.70. The number of hydrogen-bond acceptors (Lipinski definition) is 3. The van der Waals surface area contributed by atoms with Crippen molar-refractivity contribution in [2.24, 2.45) is 0 Å². The quantitative estimate of drug-likeness (QED) is 0.740. The Kier molecular flexibility index (Phi) is 3.29. The number of aryl methyl sites for hydroxylation is 1. The zero-order valence-corrected chi connectivity index (χ0v) is 9.54. The van der Waals surface area contributed by atoms with E-state index in [1.54, 1.807) is 6.07 Å². The van der Waals surface area contributed by atoms with E-state index in [0.29, 0.717) is 0 Å². The molecule has 0 spiro atoms. The number of carboxylic acid groups (broad SMARTS) is 1. The Bertz CT molecular complexity index is 378. The van der Waals surface area contributed by atoms with Crippen molar-refractivity contribution in [3.8, 4) is 0 Å². The summed E-state index contributed by atoms with van der Waals surface area (Å²) in [6.45, 7) is 5.20. The van der Waals surface area contributed by atoms with Crippen LogP contribution in [0, 0.1) is 0 Å². The van der Waals surface area contributed by atoms with Crippen LogP contribution in [-0.2, 0) is 13.0 Å². The predicted molar refractivity (Wildman–Crippen MR) is 56.1 cm³/mol. The fourth-order valence-electron chi connectivity index (χ4n) is 2.34. The SMILES string of the molecule is CCc1oc(C(=O)[O-])cc1C[NH+]1CCCC1. The molecule has 4 nitrogen and oxygen atoms in total. The summed E-state index contributed by atoms with van der Waals surface area (Å²) in [7, 11) is 0. The Morgan fingerprint density at radius 1 is 1.50 bits per heavy atom. The molecule has 88 valence electrons. The van der Waals surface area contributed by atoms with E-state index in [4.69, 9.17) is 4.42 Å². The molecule has 0 aromatic carbocycles. The summed E-state index contributed by atoms with van der Waals surface area (Å²) in [5.41, 5.74) is 1.03. The summed E-state index contributed by atoms with van der Waals surface area (Å²) in [5, 5.41) is 10.7. The zero-order chi connectivity index (χ0) is 11.5. The van der Waals surface area contributed by atoms with E-state index < -0.39 is 5.97 Å². The van der Waals surface area contributed by atoms with E-state index in [-0.39, 0.29) is 5.76 Å². The summed E-state index contributed by atoms with van der Waals surface area (Å²) in [4.78, 5) is 12.2. The molecule has 0 amide bonds. The van der Waals surface area contributed by atoms with Gasteiger partial charge in [0.1, 0.15) is 24.0 Å². The number of likely N-dealkylation sites (tertiary alicyclic amines) is 1. The van der Waals surface area contributed by atoms with Crippen molar-refractivity contribution in [1.82, 2.24) is 0 Å². The monoisotopic (exact) mass is 223 g/mol. The lowest BCUT2D eigenvalue weighted by atomic mass is 10.2. The zero-order valence-electron chi connectivity index (χ0n) is 9.54. The highest BCUT2D eigenvalue weighted by Gasteiger charge is 2.19. The lowest BCUT2D eigenvalue weighted by Crippen LogP contribution is -3.08. The van der Waals surface area contributed by atoms with E-state index in [1.807, 2.05) is 6.92 Å². The number of hydrogen-bond donors (Lipinski definition) is 1. The minimum Gasteiger partial charge on any atom is -0.542 e. The first-order valence-corrected chi connectivity index (χ1v) is 5.87. The molecule has 2 rings (SSSR count). The maximum atomic E-state index is 10.7. The molecule has 16 heavy (non-hydrogen) atoms. The van der Waals surface area contributed by atoms with Gasteiger partial charge in [0.15, 0.2) is 0 Å². The molecular weight excluding hydrogens is 206 g/mol. The van der Waals surface area contributed by atoms with Crippen molar-refractivity contribution in [2.75, 3.05) is 13.1 Å². The molecule has 1 aromatic heterocycles. The lowest BCUT2D eigenvalue weighted by molar-refractivity contribution is -0.901. The molecule has 0 bridgehead atoms. The fraction of sp³-hybridized carbons (Fsp3) is 0.583. The molecule has 0 radical (unpaired) electrons. The minimum absolute atomic E-state index is 0.0366. The third kappa shape index (κ3) is 2.27. The van der Waals surface area contributed by atoms with Crippen molar-refractivity contribution >= 4 is 5.97 Å². The first-order valence-electron chi connectivity index (χ1n) is 5.87. The van der Waals surface area contributed by atoms with Crippen molar-refractivity contribution in [3.63, 3.8) is 0 Å². The average molecular weight is 223 g/mol. The summed E-state index contributed by atoms with van der Waals surface area (Å²) in [6.07, 6.45) is 3.26. The first-order chi connectivity index (χ1) is 7.70. The number of nitrogens with one attached hydrogen (secondary N) is 1. The van der Waals surface area contributed by atoms with Crippen LogP contribution >= 0.6 is 0 Å². The molecule has 1 saturated heterocycles. The van der Waals surface area contributed by atoms with Crippen molar-refractivity contribution in [1.29, 1.82) is 0 Å². The molecule has 0 saturated carbocycles. The highest BCUT2D eigenvalue weighted by Crippen LogP contribution is 2.15. The van der Waals surface area contributed by atoms with Gasteiger partial charge in [-0.2, -0.15) is 0 Å². The Labute approximate surface area is 94.9 Å². The van der Waals surface area contributed by atoms with Crippen molar-refractivity contribution in [3.05, 3.63) is 23.2 Å². The molecule has 0 unspecified atom stereocenters. The van der Waals surface area contributed by atoms with Gasteiger partial charge in [-0.25, -0.2) is 0 Å². The highest BCUT2D eigenvalue weighted by molar-refractivity contribution is 5.82. The Morgan fingerprint density at radius 2 is 2.19 bits per heavy atom. The second-order valence-electron chi connectivity index (χ2n) is 4.33. The summed E-state index contributed by atoms with van der Waals surface area (Å²) in [5.74, 6) is -0.471. The number of quaternary nitrogens is 1. The molecule has 1 aliphatic rings. The van der Waals surface area contributed by atoms with Crippen LogP contribution in [0.15, 0.2) is 10.5 Å². The number of carboxylic acids is 1. The normalized spacial score (nSPS) is 16.8. The van der Waals surface area contributed by atoms with Crippen LogP contribution < -0.4 is 10.0 Å². The van der Waals surface area contributed by atoms with Crippen LogP contribution in [0.4, 0.5) is 0 Å². The van der Waals surface area contributed by atoms with Gasteiger partial charge in [0.25, 0.3) is 0 Å². The third-order valence-electron chi connectivity index (χ3n) is 3.17. The van der Waals surface area contributed by atoms with Gasteiger partial charge in [0.05, 0.1) is 13.1 Å². The molecule has 1 fully saturated rings. The Morgan fingerprint density at radius 3 is 2.75 bits per heavy atom. The van der Waals surface area contributed by atoms with Gasteiger partial charge in [-0.3, -0.25) is 0 Å². The summed E-state index contributed by atoms with van der Waals surface area (Å²) >= 11 is 0. The second-order valence-corrected chi connectivity index (χ2v) is 4.33. The molecule has 1 aromatic rings. The maximum absolute atomic E-state index is 10.7. The third-order valence-corrected chi connectivity index (χ3v) is 3.17. The first kappa shape index (κ1) is 11.2. The van der Waals surface area contributed by atoms with Crippen LogP contribution in [0.2, 0.25) is 0 Å². The largest absolute Gasteiger partial charge is 0.542 e. The van der Waals surface area contributed by atoms with E-state index >= 15 is 0 Å². The number of carbonyl (C=O) groups is 1. The molecule has 1 N–H and O–H groups in total. The van der Waals surface area contributed by atoms with Gasteiger partial charge < -0.3 is 19.2 Å². The van der Waals surface area contributed by atoms with Crippen LogP contribution in [0.25, 0.3) is 0 Å². The van der Waals surface area contributed by atoms with Gasteiger partial charge in [0, 0.05) is 24.8 Å². The van der Waals surface area contributed by atoms with Gasteiger partial charge in [-0.15, -0.1) is 0 Å². The lowest BCUT2D eigenvalue weighted by Gasteiger charge is -2.10. The number of rotatable bonds is 4. The number of aromatic carboxylic acids is 1.